The number of benzene rings is 2. The van der Waals surface area contributed by atoms with Crippen LogP contribution in [0.25, 0.3) is 0 Å². The molecule has 0 atom stereocenters. The number of anilines is 1. The third-order valence-corrected chi connectivity index (χ3v) is 2.96. The minimum Gasteiger partial charge on any atom is -0.465 e. The fraction of sp³-hybridized carbons (Fsp3) is 0.188. The third-order valence-electron chi connectivity index (χ3n) is 2.96. The van der Waals surface area contributed by atoms with Crippen LogP contribution in [0.1, 0.15) is 21.5 Å². The van der Waals surface area contributed by atoms with Crippen LogP contribution in [0, 0.1) is 6.92 Å². The minimum absolute atomic E-state index is 0.304. The summed E-state index contributed by atoms with van der Waals surface area (Å²) in [7, 11) is 1.40. The molecule has 0 unspecified atom stereocenters. The SMILES string of the molecule is COC(=O)c1ccccc1CNc1ccc(C)cc1. The molecule has 0 amide bonds. The van der Waals surface area contributed by atoms with Crippen LogP contribution >= 0.6 is 0 Å². The van der Waals surface area contributed by atoms with Crippen molar-refractivity contribution in [3.8, 4) is 0 Å². The van der Waals surface area contributed by atoms with E-state index in [2.05, 4.69) is 24.4 Å². The van der Waals surface area contributed by atoms with Crippen molar-refractivity contribution in [2.75, 3.05) is 12.4 Å². The number of nitrogens with one attached hydrogen (secondary N) is 1. The number of methoxy groups -OCH3 is 1. The quantitative estimate of drug-likeness (QED) is 0.851. The molecular weight excluding hydrogens is 238 g/mol. The number of rotatable bonds is 4. The van der Waals surface area contributed by atoms with Crippen molar-refractivity contribution in [3.63, 3.8) is 0 Å². The Labute approximate surface area is 113 Å². The Morgan fingerprint density at radius 2 is 1.79 bits per heavy atom. The molecule has 98 valence electrons. The topological polar surface area (TPSA) is 38.3 Å². The molecule has 3 heteroatoms. The smallest absolute Gasteiger partial charge is 0.338 e. The average Bonchev–Trinajstić information content (AvgIpc) is 2.46. The van der Waals surface area contributed by atoms with Gasteiger partial charge in [0.1, 0.15) is 0 Å². The molecule has 0 aliphatic carbocycles. The Hall–Kier alpha value is -2.29. The van der Waals surface area contributed by atoms with Crippen LogP contribution in [0.15, 0.2) is 48.5 Å². The van der Waals surface area contributed by atoms with Crippen LogP contribution in [0.4, 0.5) is 5.69 Å². The standard InChI is InChI=1S/C16H17NO2/c1-12-7-9-14(10-8-12)17-11-13-5-3-4-6-15(13)16(18)19-2/h3-10,17H,11H2,1-2H3. The molecule has 3 nitrogen and oxygen atoms in total. The average molecular weight is 255 g/mol. The summed E-state index contributed by atoms with van der Waals surface area (Å²) in [6, 6.07) is 15.6. The summed E-state index contributed by atoms with van der Waals surface area (Å²) in [5.41, 5.74) is 3.78. The lowest BCUT2D eigenvalue weighted by molar-refractivity contribution is 0.0599. The van der Waals surface area contributed by atoms with Gasteiger partial charge in [-0.2, -0.15) is 0 Å². The Morgan fingerprint density at radius 1 is 1.11 bits per heavy atom. The summed E-state index contributed by atoms with van der Waals surface area (Å²) in [4.78, 5) is 11.6. The third kappa shape index (κ3) is 3.35. The van der Waals surface area contributed by atoms with Crippen molar-refractivity contribution in [1.82, 2.24) is 0 Å². The summed E-state index contributed by atoms with van der Waals surface area (Å²) in [6.07, 6.45) is 0. The van der Waals surface area contributed by atoms with Gasteiger partial charge in [0.25, 0.3) is 0 Å². The highest BCUT2D eigenvalue weighted by atomic mass is 16.5. The van der Waals surface area contributed by atoms with Crippen molar-refractivity contribution in [2.45, 2.75) is 13.5 Å². The van der Waals surface area contributed by atoms with E-state index >= 15 is 0 Å². The molecule has 0 saturated carbocycles. The van der Waals surface area contributed by atoms with Crippen molar-refractivity contribution >= 4 is 11.7 Å². The van der Waals surface area contributed by atoms with E-state index in [1.54, 1.807) is 6.07 Å². The molecule has 0 saturated heterocycles. The van der Waals surface area contributed by atoms with Gasteiger partial charge in [-0.3, -0.25) is 0 Å². The van der Waals surface area contributed by atoms with Crippen LogP contribution in [-0.4, -0.2) is 13.1 Å². The number of ether oxygens (including phenoxy) is 1. The molecule has 2 aromatic rings. The molecule has 0 heterocycles. The van der Waals surface area contributed by atoms with Crippen molar-refractivity contribution < 1.29 is 9.53 Å². The minimum atomic E-state index is -0.304. The lowest BCUT2D eigenvalue weighted by Crippen LogP contribution is -2.09. The maximum Gasteiger partial charge on any atom is 0.338 e. The second kappa shape index (κ2) is 6.05. The summed E-state index contributed by atoms with van der Waals surface area (Å²) in [5, 5.41) is 3.30. The number of esters is 1. The molecule has 0 bridgehead atoms. The maximum absolute atomic E-state index is 11.6. The number of hydrogen-bond acceptors (Lipinski definition) is 3. The van der Waals surface area contributed by atoms with Crippen LogP contribution in [0.3, 0.4) is 0 Å². The predicted octanol–water partition coefficient (Wildman–Crippen LogP) is 3.39. The van der Waals surface area contributed by atoms with Gasteiger partial charge in [-0.05, 0) is 30.7 Å². The molecule has 0 aliphatic heterocycles. The fourth-order valence-corrected chi connectivity index (χ4v) is 1.85. The normalized spacial score (nSPS) is 10.0. The Balaban J connectivity index is 2.11. The Morgan fingerprint density at radius 3 is 2.47 bits per heavy atom. The van der Waals surface area contributed by atoms with Gasteiger partial charge in [0.15, 0.2) is 0 Å². The van der Waals surface area contributed by atoms with Gasteiger partial charge in [0.2, 0.25) is 0 Å². The van der Waals surface area contributed by atoms with E-state index in [9.17, 15) is 4.79 Å². The zero-order valence-corrected chi connectivity index (χ0v) is 11.1. The Bertz CT molecular complexity index is 561. The monoisotopic (exact) mass is 255 g/mol. The first-order valence-electron chi connectivity index (χ1n) is 6.17. The van der Waals surface area contributed by atoms with Crippen LogP contribution in [0.2, 0.25) is 0 Å². The molecule has 0 fully saturated rings. The highest BCUT2D eigenvalue weighted by molar-refractivity contribution is 5.91. The summed E-state index contributed by atoms with van der Waals surface area (Å²) < 4.78 is 4.78. The highest BCUT2D eigenvalue weighted by Gasteiger charge is 2.10. The first-order valence-corrected chi connectivity index (χ1v) is 6.17. The van der Waals surface area contributed by atoms with E-state index in [0.717, 1.165) is 11.3 Å². The second-order valence-corrected chi connectivity index (χ2v) is 4.37. The van der Waals surface area contributed by atoms with Gasteiger partial charge in [0.05, 0.1) is 12.7 Å². The van der Waals surface area contributed by atoms with Crippen molar-refractivity contribution in [2.24, 2.45) is 0 Å². The first-order chi connectivity index (χ1) is 9.20. The molecule has 1 N–H and O–H groups in total. The predicted molar refractivity (Wildman–Crippen MR) is 76.3 cm³/mol. The molecule has 0 radical (unpaired) electrons. The molecule has 0 aliphatic rings. The van der Waals surface area contributed by atoms with E-state index in [-0.39, 0.29) is 5.97 Å². The largest absolute Gasteiger partial charge is 0.465 e. The lowest BCUT2D eigenvalue weighted by atomic mass is 10.1. The molecule has 2 rings (SSSR count). The highest BCUT2D eigenvalue weighted by Crippen LogP contribution is 2.14. The van der Waals surface area contributed by atoms with Gasteiger partial charge < -0.3 is 10.1 Å². The Kier molecular flexibility index (Phi) is 4.18. The van der Waals surface area contributed by atoms with E-state index in [0.29, 0.717) is 12.1 Å². The van der Waals surface area contributed by atoms with Gasteiger partial charge in [0, 0.05) is 12.2 Å². The zero-order valence-electron chi connectivity index (χ0n) is 11.1. The van der Waals surface area contributed by atoms with Gasteiger partial charge in [-0.15, -0.1) is 0 Å². The summed E-state index contributed by atoms with van der Waals surface area (Å²) >= 11 is 0. The van der Waals surface area contributed by atoms with Gasteiger partial charge in [-0.1, -0.05) is 35.9 Å². The lowest BCUT2D eigenvalue weighted by Gasteiger charge is -2.10. The molecular formula is C16H17NO2. The summed E-state index contributed by atoms with van der Waals surface area (Å²) in [6.45, 7) is 2.64. The number of carbonyl (C=O) groups is 1. The van der Waals surface area contributed by atoms with Crippen LogP contribution < -0.4 is 5.32 Å². The zero-order chi connectivity index (χ0) is 13.7. The second-order valence-electron chi connectivity index (χ2n) is 4.37. The van der Waals surface area contributed by atoms with Crippen LogP contribution in [0.5, 0.6) is 0 Å². The number of carbonyl (C=O) groups excluding carboxylic acids is 1. The first kappa shape index (κ1) is 13.1. The van der Waals surface area contributed by atoms with Crippen molar-refractivity contribution in [3.05, 3.63) is 65.2 Å². The molecule has 0 spiro atoms. The van der Waals surface area contributed by atoms with Crippen LogP contribution in [-0.2, 0) is 11.3 Å². The van der Waals surface area contributed by atoms with Crippen molar-refractivity contribution in [1.29, 1.82) is 0 Å². The molecule has 19 heavy (non-hydrogen) atoms. The molecule has 2 aromatic carbocycles. The number of aryl methyl sites for hydroxylation is 1. The molecule has 0 aromatic heterocycles. The maximum atomic E-state index is 11.6. The van der Waals surface area contributed by atoms with E-state index in [4.69, 9.17) is 4.74 Å². The van der Waals surface area contributed by atoms with E-state index in [1.807, 2.05) is 30.3 Å². The fourth-order valence-electron chi connectivity index (χ4n) is 1.85. The van der Waals surface area contributed by atoms with Gasteiger partial charge in [-0.25, -0.2) is 4.79 Å². The number of hydrogen-bond donors (Lipinski definition) is 1. The van der Waals surface area contributed by atoms with E-state index < -0.39 is 0 Å². The summed E-state index contributed by atoms with van der Waals surface area (Å²) in [5.74, 6) is -0.304. The van der Waals surface area contributed by atoms with E-state index in [1.165, 1.54) is 12.7 Å². The van der Waals surface area contributed by atoms with Gasteiger partial charge >= 0.3 is 5.97 Å².